The fourth-order valence-electron chi connectivity index (χ4n) is 1.61. The number of aryl methyl sites for hydroxylation is 2. The summed E-state index contributed by atoms with van der Waals surface area (Å²) < 4.78 is 0. The smallest absolute Gasteiger partial charge is 0.329 e. The van der Waals surface area contributed by atoms with Gasteiger partial charge in [0.2, 0.25) is 0 Å². The van der Waals surface area contributed by atoms with Crippen LogP contribution in [0.25, 0.3) is 0 Å². The second kappa shape index (κ2) is 5.12. The van der Waals surface area contributed by atoms with Gasteiger partial charge in [0.05, 0.1) is 17.6 Å². The molecule has 0 aromatic carbocycles. The average Bonchev–Trinajstić information content (AvgIpc) is 2.23. The average molecular weight is 237 g/mol. The van der Waals surface area contributed by atoms with E-state index in [1.165, 1.54) is 0 Å². The topological polar surface area (TPSA) is 75.1 Å². The predicted octanol–water partition coefficient (Wildman–Crippen LogP) is 2.15. The summed E-state index contributed by atoms with van der Waals surface area (Å²) >= 11 is 0. The molecule has 0 fully saturated rings. The van der Waals surface area contributed by atoms with Gasteiger partial charge in [-0.25, -0.2) is 9.78 Å². The molecule has 0 aliphatic carbocycles. The van der Waals surface area contributed by atoms with E-state index in [0.717, 1.165) is 17.8 Å². The molecule has 0 saturated heterocycles. The highest BCUT2D eigenvalue weighted by Crippen LogP contribution is 2.19. The minimum atomic E-state index is -0.995. The first kappa shape index (κ1) is 13.4. The summed E-state index contributed by atoms with van der Waals surface area (Å²) in [5, 5.41) is 12.2. The van der Waals surface area contributed by atoms with E-state index in [9.17, 15) is 9.90 Å². The van der Waals surface area contributed by atoms with Gasteiger partial charge in [0.1, 0.15) is 11.4 Å². The molecule has 1 unspecified atom stereocenters. The van der Waals surface area contributed by atoms with Crippen molar-refractivity contribution < 1.29 is 9.90 Å². The van der Waals surface area contributed by atoms with Crippen LogP contribution in [0.2, 0.25) is 0 Å². The maximum atomic E-state index is 11.3. The Hall–Kier alpha value is -1.65. The van der Waals surface area contributed by atoms with Gasteiger partial charge in [0.15, 0.2) is 0 Å². The summed E-state index contributed by atoms with van der Waals surface area (Å²) in [6.07, 6.45) is 2.89. The first-order valence-electron chi connectivity index (χ1n) is 5.71. The van der Waals surface area contributed by atoms with Crippen LogP contribution in [0.15, 0.2) is 6.20 Å². The lowest BCUT2D eigenvalue weighted by atomic mass is 9.96. The van der Waals surface area contributed by atoms with Gasteiger partial charge in [-0.05, 0) is 27.2 Å². The SMILES string of the molecule is CCCC(C)(Nc1cnc(C)c(C)n1)C(=O)O. The zero-order valence-electron chi connectivity index (χ0n) is 10.7. The van der Waals surface area contributed by atoms with Crippen molar-refractivity contribution in [2.24, 2.45) is 0 Å². The van der Waals surface area contributed by atoms with Crippen LogP contribution in [0.3, 0.4) is 0 Å². The largest absolute Gasteiger partial charge is 0.480 e. The lowest BCUT2D eigenvalue weighted by Crippen LogP contribution is -2.43. The van der Waals surface area contributed by atoms with Gasteiger partial charge >= 0.3 is 5.97 Å². The Morgan fingerprint density at radius 3 is 2.59 bits per heavy atom. The van der Waals surface area contributed by atoms with Gasteiger partial charge in [-0.2, -0.15) is 0 Å². The Morgan fingerprint density at radius 2 is 2.12 bits per heavy atom. The van der Waals surface area contributed by atoms with E-state index in [-0.39, 0.29) is 0 Å². The van der Waals surface area contributed by atoms with Gasteiger partial charge in [-0.1, -0.05) is 13.3 Å². The van der Waals surface area contributed by atoms with E-state index in [0.29, 0.717) is 12.2 Å². The highest BCUT2D eigenvalue weighted by atomic mass is 16.4. The number of aromatic nitrogens is 2. The first-order valence-corrected chi connectivity index (χ1v) is 5.71. The Balaban J connectivity index is 2.94. The molecule has 0 amide bonds. The number of carboxylic acids is 1. The number of hydrogen-bond donors (Lipinski definition) is 2. The summed E-state index contributed by atoms with van der Waals surface area (Å²) in [7, 11) is 0. The normalized spacial score (nSPS) is 14.1. The molecule has 1 aromatic rings. The Labute approximate surface area is 101 Å². The van der Waals surface area contributed by atoms with Crippen molar-refractivity contribution in [1.29, 1.82) is 0 Å². The van der Waals surface area contributed by atoms with Crippen molar-refractivity contribution in [3.63, 3.8) is 0 Å². The number of carboxylic acid groups (broad SMARTS) is 1. The predicted molar refractivity (Wildman–Crippen MR) is 66.1 cm³/mol. The molecule has 0 aliphatic rings. The lowest BCUT2D eigenvalue weighted by Gasteiger charge is -2.26. The third-order valence-electron chi connectivity index (χ3n) is 2.82. The molecule has 0 spiro atoms. The van der Waals surface area contributed by atoms with E-state index in [1.54, 1.807) is 13.1 Å². The van der Waals surface area contributed by atoms with Crippen LogP contribution in [0.1, 0.15) is 38.1 Å². The Bertz CT molecular complexity index is 420. The van der Waals surface area contributed by atoms with Gasteiger partial charge in [0.25, 0.3) is 0 Å². The third kappa shape index (κ3) is 3.15. The number of carbonyl (C=O) groups is 1. The highest BCUT2D eigenvalue weighted by molar-refractivity contribution is 5.81. The summed E-state index contributed by atoms with van der Waals surface area (Å²) in [6, 6.07) is 0. The van der Waals surface area contributed by atoms with Crippen molar-refractivity contribution in [3.05, 3.63) is 17.6 Å². The fraction of sp³-hybridized carbons (Fsp3) is 0.583. The molecule has 5 nitrogen and oxygen atoms in total. The van der Waals surface area contributed by atoms with Gasteiger partial charge in [-0.15, -0.1) is 0 Å². The summed E-state index contributed by atoms with van der Waals surface area (Å²) in [4.78, 5) is 19.7. The molecule has 2 N–H and O–H groups in total. The van der Waals surface area contributed by atoms with Crippen LogP contribution in [-0.4, -0.2) is 26.6 Å². The van der Waals surface area contributed by atoms with Crippen molar-refractivity contribution in [3.8, 4) is 0 Å². The Morgan fingerprint density at radius 1 is 1.47 bits per heavy atom. The summed E-state index contributed by atoms with van der Waals surface area (Å²) in [5.74, 6) is -0.370. The monoisotopic (exact) mass is 237 g/mol. The molecule has 94 valence electrons. The van der Waals surface area contributed by atoms with Crippen LogP contribution in [0.4, 0.5) is 5.82 Å². The number of aliphatic carboxylic acids is 1. The molecule has 1 aromatic heterocycles. The molecule has 0 radical (unpaired) electrons. The molecule has 17 heavy (non-hydrogen) atoms. The van der Waals surface area contributed by atoms with Crippen LogP contribution in [0.5, 0.6) is 0 Å². The number of hydrogen-bond acceptors (Lipinski definition) is 4. The van der Waals surface area contributed by atoms with Gasteiger partial charge in [0, 0.05) is 0 Å². The lowest BCUT2D eigenvalue weighted by molar-refractivity contribution is -0.142. The molecular formula is C12H19N3O2. The maximum Gasteiger partial charge on any atom is 0.329 e. The molecule has 0 bridgehead atoms. The zero-order chi connectivity index (χ0) is 13.1. The van der Waals surface area contributed by atoms with E-state index < -0.39 is 11.5 Å². The first-order chi connectivity index (χ1) is 7.89. The molecule has 1 rings (SSSR count). The standard InChI is InChI=1S/C12H19N3O2/c1-5-6-12(4,11(16)17)15-10-7-13-8(2)9(3)14-10/h7H,5-6H2,1-4H3,(H,14,15)(H,16,17). The van der Waals surface area contributed by atoms with Crippen molar-refractivity contribution in [2.45, 2.75) is 46.1 Å². The third-order valence-corrected chi connectivity index (χ3v) is 2.82. The summed E-state index contributed by atoms with van der Waals surface area (Å²) in [5.41, 5.74) is 0.660. The van der Waals surface area contributed by atoms with Crippen LogP contribution >= 0.6 is 0 Å². The van der Waals surface area contributed by atoms with E-state index in [4.69, 9.17) is 0 Å². The second-order valence-electron chi connectivity index (χ2n) is 4.44. The molecule has 5 heteroatoms. The van der Waals surface area contributed by atoms with Crippen molar-refractivity contribution in [1.82, 2.24) is 9.97 Å². The maximum absolute atomic E-state index is 11.3. The van der Waals surface area contributed by atoms with Gasteiger partial charge in [-0.3, -0.25) is 4.98 Å². The van der Waals surface area contributed by atoms with Crippen LogP contribution in [-0.2, 0) is 4.79 Å². The fourth-order valence-corrected chi connectivity index (χ4v) is 1.61. The molecule has 1 heterocycles. The van der Waals surface area contributed by atoms with E-state index in [1.807, 2.05) is 20.8 Å². The van der Waals surface area contributed by atoms with E-state index >= 15 is 0 Å². The number of nitrogens with one attached hydrogen (secondary N) is 1. The number of rotatable bonds is 5. The molecule has 0 aliphatic heterocycles. The minimum absolute atomic E-state index is 0.506. The quantitative estimate of drug-likeness (QED) is 0.820. The summed E-state index contributed by atoms with van der Waals surface area (Å²) in [6.45, 7) is 7.34. The number of nitrogens with zero attached hydrogens (tertiary/aromatic N) is 2. The number of anilines is 1. The van der Waals surface area contributed by atoms with Crippen molar-refractivity contribution >= 4 is 11.8 Å². The molecule has 1 atom stereocenters. The van der Waals surface area contributed by atoms with Gasteiger partial charge < -0.3 is 10.4 Å². The van der Waals surface area contributed by atoms with Crippen LogP contribution in [0, 0.1) is 13.8 Å². The van der Waals surface area contributed by atoms with Crippen LogP contribution < -0.4 is 5.32 Å². The van der Waals surface area contributed by atoms with E-state index in [2.05, 4.69) is 15.3 Å². The molecule has 0 saturated carbocycles. The zero-order valence-corrected chi connectivity index (χ0v) is 10.7. The highest BCUT2D eigenvalue weighted by Gasteiger charge is 2.32. The van der Waals surface area contributed by atoms with Crippen molar-refractivity contribution in [2.75, 3.05) is 5.32 Å². The second-order valence-corrected chi connectivity index (χ2v) is 4.44. The minimum Gasteiger partial charge on any atom is -0.480 e. The molecular weight excluding hydrogens is 218 g/mol. The Kier molecular flexibility index (Phi) is 4.04.